The fourth-order valence-corrected chi connectivity index (χ4v) is 1.99. The van der Waals surface area contributed by atoms with E-state index in [1.807, 2.05) is 0 Å². The molecule has 0 aliphatic heterocycles. The Bertz CT molecular complexity index is 699. The molecule has 2 N–H and O–H groups in total. The van der Waals surface area contributed by atoms with Crippen molar-refractivity contribution in [1.82, 2.24) is 0 Å². The van der Waals surface area contributed by atoms with Crippen LogP contribution in [0.1, 0.15) is 27.0 Å². The summed E-state index contributed by atoms with van der Waals surface area (Å²) in [6.07, 6.45) is 0. The maximum atomic E-state index is 13.9. The van der Waals surface area contributed by atoms with Crippen molar-refractivity contribution in [2.24, 2.45) is 0 Å². The maximum absolute atomic E-state index is 13.9. The molecule has 0 spiro atoms. The molecule has 0 unspecified atom stereocenters. The van der Waals surface area contributed by atoms with Crippen LogP contribution >= 0.6 is 0 Å². The zero-order valence-electron chi connectivity index (χ0n) is 11.7. The molecule has 0 saturated carbocycles. The Hall–Kier alpha value is -2.43. The van der Waals surface area contributed by atoms with Crippen LogP contribution in [0.5, 0.6) is 0 Å². The number of hydrogen-bond donors (Lipinski definition) is 1. The lowest BCUT2D eigenvalue weighted by Gasteiger charge is -2.10. The summed E-state index contributed by atoms with van der Waals surface area (Å²) < 4.78 is 31.9. The van der Waals surface area contributed by atoms with Gasteiger partial charge in [-0.2, -0.15) is 0 Å². The minimum absolute atomic E-state index is 0.0573. The van der Waals surface area contributed by atoms with Crippen molar-refractivity contribution in [2.75, 3.05) is 5.73 Å². The summed E-state index contributed by atoms with van der Waals surface area (Å²) in [5, 5.41) is 0. The van der Waals surface area contributed by atoms with E-state index in [0.29, 0.717) is 16.8 Å². The third-order valence-corrected chi connectivity index (χ3v) is 3.16. The van der Waals surface area contributed by atoms with Gasteiger partial charge in [0.25, 0.3) is 0 Å². The Kier molecular flexibility index (Phi) is 4.21. The van der Waals surface area contributed by atoms with Gasteiger partial charge in [0.05, 0.1) is 5.56 Å². The van der Waals surface area contributed by atoms with Crippen molar-refractivity contribution >= 4 is 11.7 Å². The molecule has 3 nitrogen and oxygen atoms in total. The number of ether oxygens (including phenoxy) is 1. The third-order valence-electron chi connectivity index (χ3n) is 3.16. The molecular weight excluding hydrogens is 276 g/mol. The number of nitrogens with two attached hydrogens (primary N) is 1. The van der Waals surface area contributed by atoms with E-state index in [4.69, 9.17) is 10.5 Å². The molecule has 0 radical (unpaired) electrons. The number of nitrogen functional groups attached to an aromatic ring is 1. The van der Waals surface area contributed by atoms with E-state index in [9.17, 15) is 13.6 Å². The summed E-state index contributed by atoms with van der Waals surface area (Å²) in [6.45, 7) is 3.17. The lowest BCUT2D eigenvalue weighted by atomic mass is 10.1. The molecule has 0 heterocycles. The van der Waals surface area contributed by atoms with Crippen LogP contribution in [0.3, 0.4) is 0 Å². The topological polar surface area (TPSA) is 52.3 Å². The summed E-state index contributed by atoms with van der Waals surface area (Å²) in [6, 6.07) is 6.83. The second-order valence-electron chi connectivity index (χ2n) is 4.85. The summed E-state index contributed by atoms with van der Waals surface area (Å²) in [7, 11) is 0. The monoisotopic (exact) mass is 291 g/mol. The van der Waals surface area contributed by atoms with E-state index in [-0.39, 0.29) is 23.6 Å². The average molecular weight is 291 g/mol. The molecule has 2 aromatic rings. The van der Waals surface area contributed by atoms with Gasteiger partial charge in [0.1, 0.15) is 18.2 Å². The predicted octanol–water partition coefficient (Wildman–Crippen LogP) is 3.52. The third kappa shape index (κ3) is 3.37. The minimum Gasteiger partial charge on any atom is -0.457 e. The van der Waals surface area contributed by atoms with Gasteiger partial charge >= 0.3 is 5.97 Å². The highest BCUT2D eigenvalue weighted by molar-refractivity contribution is 5.91. The Morgan fingerprint density at radius 3 is 2.52 bits per heavy atom. The highest BCUT2D eigenvalue weighted by atomic mass is 19.1. The molecule has 0 amide bonds. The normalized spacial score (nSPS) is 10.5. The molecule has 0 bridgehead atoms. The Morgan fingerprint density at radius 2 is 1.86 bits per heavy atom. The van der Waals surface area contributed by atoms with Crippen LogP contribution in [0, 0.1) is 25.5 Å². The number of anilines is 1. The van der Waals surface area contributed by atoms with E-state index in [1.54, 1.807) is 6.92 Å². The first-order chi connectivity index (χ1) is 9.88. The molecule has 0 atom stereocenters. The van der Waals surface area contributed by atoms with Gasteiger partial charge in [0.15, 0.2) is 0 Å². The quantitative estimate of drug-likeness (QED) is 0.695. The lowest BCUT2D eigenvalue weighted by molar-refractivity contribution is 0.0466. The molecule has 0 aliphatic rings. The zero-order chi connectivity index (χ0) is 15.6. The Balaban J connectivity index is 2.15. The second kappa shape index (κ2) is 5.91. The minimum atomic E-state index is -0.799. The molecule has 5 heteroatoms. The van der Waals surface area contributed by atoms with Crippen LogP contribution < -0.4 is 5.73 Å². The van der Waals surface area contributed by atoms with Crippen molar-refractivity contribution in [1.29, 1.82) is 0 Å². The van der Waals surface area contributed by atoms with Gasteiger partial charge in [0.2, 0.25) is 0 Å². The summed E-state index contributed by atoms with van der Waals surface area (Å²) in [5.74, 6) is -1.81. The first-order valence-corrected chi connectivity index (χ1v) is 6.36. The number of carbonyl (C=O) groups excluding carboxylic acids is 1. The molecule has 21 heavy (non-hydrogen) atoms. The standard InChI is InChI=1S/C16H15F2NO2/c1-9-5-12(17)4-3-11(9)8-21-16(20)14-7-13(19)6-10(2)15(14)18/h3-7H,8,19H2,1-2H3. The SMILES string of the molecule is Cc1cc(F)ccc1COC(=O)c1cc(N)cc(C)c1F. The second-order valence-corrected chi connectivity index (χ2v) is 4.85. The molecule has 110 valence electrons. The number of rotatable bonds is 3. The number of hydrogen-bond acceptors (Lipinski definition) is 3. The molecule has 0 fully saturated rings. The molecule has 2 aromatic carbocycles. The molecule has 0 aromatic heterocycles. The first-order valence-electron chi connectivity index (χ1n) is 6.36. The van der Waals surface area contributed by atoms with Crippen LogP contribution in [-0.2, 0) is 11.3 Å². The number of benzene rings is 2. The highest BCUT2D eigenvalue weighted by Gasteiger charge is 2.16. The first kappa shape index (κ1) is 15.0. The van der Waals surface area contributed by atoms with Crippen molar-refractivity contribution in [3.8, 4) is 0 Å². The largest absolute Gasteiger partial charge is 0.457 e. The number of aryl methyl sites for hydroxylation is 2. The average Bonchev–Trinajstić information content (AvgIpc) is 2.41. The van der Waals surface area contributed by atoms with Crippen LogP contribution in [0.4, 0.5) is 14.5 Å². The fraction of sp³-hybridized carbons (Fsp3) is 0.188. The molecular formula is C16H15F2NO2. The van der Waals surface area contributed by atoms with Crippen LogP contribution in [0.15, 0.2) is 30.3 Å². The van der Waals surface area contributed by atoms with Crippen molar-refractivity contribution in [2.45, 2.75) is 20.5 Å². The number of halogens is 2. The molecule has 0 saturated heterocycles. The van der Waals surface area contributed by atoms with E-state index >= 15 is 0 Å². The van der Waals surface area contributed by atoms with E-state index in [2.05, 4.69) is 0 Å². The zero-order valence-corrected chi connectivity index (χ0v) is 11.7. The van der Waals surface area contributed by atoms with Gasteiger partial charge in [-0.05, 0) is 54.8 Å². The van der Waals surface area contributed by atoms with Crippen molar-refractivity contribution in [3.05, 3.63) is 64.2 Å². The Labute approximate surface area is 121 Å². The van der Waals surface area contributed by atoms with Gasteiger partial charge in [-0.1, -0.05) is 6.07 Å². The van der Waals surface area contributed by atoms with Gasteiger partial charge < -0.3 is 10.5 Å². The van der Waals surface area contributed by atoms with Crippen molar-refractivity contribution in [3.63, 3.8) is 0 Å². The van der Waals surface area contributed by atoms with Gasteiger partial charge in [-0.3, -0.25) is 0 Å². The van der Waals surface area contributed by atoms with Gasteiger partial charge in [0, 0.05) is 5.69 Å². The van der Waals surface area contributed by atoms with Gasteiger partial charge in [-0.15, -0.1) is 0 Å². The lowest BCUT2D eigenvalue weighted by Crippen LogP contribution is -2.10. The summed E-state index contributed by atoms with van der Waals surface area (Å²) in [4.78, 5) is 11.9. The van der Waals surface area contributed by atoms with Crippen molar-refractivity contribution < 1.29 is 18.3 Å². The number of esters is 1. The highest BCUT2D eigenvalue weighted by Crippen LogP contribution is 2.19. The summed E-state index contributed by atoms with van der Waals surface area (Å²) in [5.41, 5.74) is 7.28. The van der Waals surface area contributed by atoms with E-state index < -0.39 is 11.8 Å². The number of carbonyl (C=O) groups is 1. The smallest absolute Gasteiger partial charge is 0.341 e. The van der Waals surface area contributed by atoms with E-state index in [1.165, 1.54) is 37.3 Å². The predicted molar refractivity (Wildman–Crippen MR) is 75.8 cm³/mol. The molecule has 0 aliphatic carbocycles. The Morgan fingerprint density at radius 1 is 1.14 bits per heavy atom. The van der Waals surface area contributed by atoms with Crippen LogP contribution in [-0.4, -0.2) is 5.97 Å². The fourth-order valence-electron chi connectivity index (χ4n) is 1.99. The van der Waals surface area contributed by atoms with E-state index in [0.717, 1.165) is 0 Å². The molecule has 2 rings (SSSR count). The maximum Gasteiger partial charge on any atom is 0.341 e. The van der Waals surface area contributed by atoms with Crippen LogP contribution in [0.25, 0.3) is 0 Å². The van der Waals surface area contributed by atoms with Gasteiger partial charge in [-0.25, -0.2) is 13.6 Å². The van der Waals surface area contributed by atoms with Crippen LogP contribution in [0.2, 0.25) is 0 Å². The summed E-state index contributed by atoms with van der Waals surface area (Å²) >= 11 is 0.